The number of nitrogens with one attached hydrogen (secondary N) is 1. The molecular weight excluding hydrogens is 352 g/mol. The number of methoxy groups -OCH3 is 1. The van der Waals surface area contributed by atoms with Crippen molar-refractivity contribution < 1.29 is 24.0 Å². The molecule has 1 amide bonds. The average Bonchev–Trinajstić information content (AvgIpc) is 2.67. The second kappa shape index (κ2) is 9.33. The first kappa shape index (κ1) is 19.9. The van der Waals surface area contributed by atoms with E-state index < -0.39 is 17.0 Å². The zero-order valence-electron chi connectivity index (χ0n) is 15.0. The van der Waals surface area contributed by atoms with Crippen molar-refractivity contribution in [1.82, 2.24) is 5.32 Å². The van der Waals surface area contributed by atoms with Crippen LogP contribution in [0.25, 0.3) is 0 Å². The molecule has 0 aromatic heterocycles. The quantitative estimate of drug-likeness (QED) is 0.433. The van der Waals surface area contributed by atoms with Gasteiger partial charge in [-0.25, -0.2) is 0 Å². The maximum absolute atomic E-state index is 12.1. The molecule has 0 aliphatic carbocycles. The van der Waals surface area contributed by atoms with E-state index >= 15 is 0 Å². The van der Waals surface area contributed by atoms with Crippen LogP contribution in [0.4, 0.5) is 5.69 Å². The van der Waals surface area contributed by atoms with Gasteiger partial charge in [-0.1, -0.05) is 24.3 Å². The molecule has 8 nitrogen and oxygen atoms in total. The Balaban J connectivity index is 1.84. The Bertz CT molecular complexity index is 836. The molecule has 0 saturated carbocycles. The maximum atomic E-state index is 12.1. The van der Waals surface area contributed by atoms with E-state index in [9.17, 15) is 19.7 Å². The lowest BCUT2D eigenvalue weighted by Crippen LogP contribution is -2.27. The predicted molar refractivity (Wildman–Crippen MR) is 97.5 cm³/mol. The van der Waals surface area contributed by atoms with Gasteiger partial charge in [0.15, 0.2) is 0 Å². The van der Waals surface area contributed by atoms with Crippen LogP contribution >= 0.6 is 0 Å². The zero-order valence-corrected chi connectivity index (χ0v) is 15.0. The Morgan fingerprint density at radius 1 is 1.19 bits per heavy atom. The third-order valence-electron chi connectivity index (χ3n) is 3.82. The van der Waals surface area contributed by atoms with E-state index in [2.05, 4.69) is 5.32 Å². The van der Waals surface area contributed by atoms with Crippen LogP contribution in [0.5, 0.6) is 5.75 Å². The van der Waals surface area contributed by atoms with Gasteiger partial charge >= 0.3 is 5.97 Å². The fourth-order valence-corrected chi connectivity index (χ4v) is 2.42. The molecule has 2 aromatic rings. The average molecular weight is 372 g/mol. The summed E-state index contributed by atoms with van der Waals surface area (Å²) in [6, 6.07) is 12.7. The highest BCUT2D eigenvalue weighted by Gasteiger charge is 2.16. The van der Waals surface area contributed by atoms with Crippen molar-refractivity contribution in [3.63, 3.8) is 0 Å². The van der Waals surface area contributed by atoms with Gasteiger partial charge in [0, 0.05) is 18.7 Å². The molecule has 2 aromatic carbocycles. The first-order valence-corrected chi connectivity index (χ1v) is 8.27. The van der Waals surface area contributed by atoms with Gasteiger partial charge in [-0.2, -0.15) is 0 Å². The molecular formula is C19H20N2O6. The van der Waals surface area contributed by atoms with Crippen molar-refractivity contribution in [2.24, 2.45) is 0 Å². The number of non-ortho nitro benzene ring substituents is 1. The van der Waals surface area contributed by atoms with Crippen LogP contribution in [0, 0.1) is 10.1 Å². The van der Waals surface area contributed by atoms with E-state index in [1.807, 2.05) is 0 Å². The number of para-hydroxylation sites is 1. The van der Waals surface area contributed by atoms with Crippen molar-refractivity contribution in [2.75, 3.05) is 13.7 Å². The third kappa shape index (κ3) is 5.53. The monoisotopic (exact) mass is 372 g/mol. The second-order valence-electron chi connectivity index (χ2n) is 5.69. The molecule has 0 bridgehead atoms. The number of nitrogens with zero attached hydrogens (tertiary/aromatic N) is 1. The lowest BCUT2D eigenvalue weighted by atomic mass is 10.1. The van der Waals surface area contributed by atoms with Gasteiger partial charge in [-0.15, -0.1) is 0 Å². The molecule has 142 valence electrons. The number of hydrogen-bond donors (Lipinski definition) is 1. The SMILES string of the molecule is COc1ccccc1C(=O)NCCC(=O)O[C@@H](C)c1cccc([N+](=O)[O-])c1. The number of nitro groups is 1. The Labute approximate surface area is 156 Å². The lowest BCUT2D eigenvalue weighted by molar-refractivity contribution is -0.385. The van der Waals surface area contributed by atoms with Crippen LogP contribution in [0.1, 0.15) is 35.4 Å². The van der Waals surface area contributed by atoms with Crippen LogP contribution in [-0.4, -0.2) is 30.5 Å². The summed E-state index contributed by atoms with van der Waals surface area (Å²) in [5, 5.41) is 13.4. The summed E-state index contributed by atoms with van der Waals surface area (Å²) in [5.74, 6) is -0.432. The number of benzene rings is 2. The first-order valence-electron chi connectivity index (χ1n) is 8.27. The van der Waals surface area contributed by atoms with Crippen molar-refractivity contribution in [2.45, 2.75) is 19.4 Å². The third-order valence-corrected chi connectivity index (χ3v) is 3.82. The summed E-state index contributed by atoms with van der Waals surface area (Å²) < 4.78 is 10.4. The molecule has 1 N–H and O–H groups in total. The van der Waals surface area contributed by atoms with Crippen LogP contribution in [-0.2, 0) is 9.53 Å². The summed E-state index contributed by atoms with van der Waals surface area (Å²) in [6.45, 7) is 1.72. The minimum atomic E-state index is -0.637. The number of esters is 1. The predicted octanol–water partition coefficient (Wildman–Crippen LogP) is 3.03. The Kier molecular flexibility index (Phi) is 6.87. The first-order chi connectivity index (χ1) is 12.9. The molecule has 2 rings (SSSR count). The van der Waals surface area contributed by atoms with Crippen LogP contribution in [0.2, 0.25) is 0 Å². The fourth-order valence-electron chi connectivity index (χ4n) is 2.42. The summed E-state index contributed by atoms with van der Waals surface area (Å²) in [4.78, 5) is 34.4. The van der Waals surface area contributed by atoms with Crippen molar-refractivity contribution in [1.29, 1.82) is 0 Å². The van der Waals surface area contributed by atoms with Crippen LogP contribution < -0.4 is 10.1 Å². The summed E-state index contributed by atoms with van der Waals surface area (Å²) in [7, 11) is 1.47. The van der Waals surface area contributed by atoms with Crippen LogP contribution in [0.15, 0.2) is 48.5 Å². The lowest BCUT2D eigenvalue weighted by Gasteiger charge is -2.14. The molecule has 0 radical (unpaired) electrons. The largest absolute Gasteiger partial charge is 0.496 e. The number of carbonyl (C=O) groups is 2. The van der Waals surface area contributed by atoms with Gasteiger partial charge < -0.3 is 14.8 Å². The molecule has 1 atom stereocenters. The normalized spacial score (nSPS) is 11.3. The number of carbonyl (C=O) groups excluding carboxylic acids is 2. The number of hydrogen-bond acceptors (Lipinski definition) is 6. The number of rotatable bonds is 8. The highest BCUT2D eigenvalue weighted by Crippen LogP contribution is 2.22. The number of ether oxygens (including phenoxy) is 2. The molecule has 0 spiro atoms. The summed E-state index contributed by atoms with van der Waals surface area (Å²) >= 11 is 0. The van der Waals surface area contributed by atoms with E-state index in [1.165, 1.54) is 25.3 Å². The van der Waals surface area contributed by atoms with Gasteiger partial charge in [-0.05, 0) is 24.6 Å². The molecule has 0 unspecified atom stereocenters. The maximum Gasteiger partial charge on any atom is 0.308 e. The van der Waals surface area contributed by atoms with Gasteiger partial charge in [0.2, 0.25) is 0 Å². The Morgan fingerprint density at radius 2 is 1.93 bits per heavy atom. The molecule has 0 heterocycles. The van der Waals surface area contributed by atoms with E-state index in [1.54, 1.807) is 37.3 Å². The fraction of sp³-hybridized carbons (Fsp3) is 0.263. The van der Waals surface area contributed by atoms with Gasteiger partial charge in [0.1, 0.15) is 11.9 Å². The number of nitro benzene ring substituents is 1. The molecule has 0 aliphatic heterocycles. The molecule has 8 heteroatoms. The van der Waals surface area contributed by atoms with Crippen molar-refractivity contribution in [3.8, 4) is 5.75 Å². The standard InChI is InChI=1S/C19H20N2O6/c1-13(14-6-5-7-15(12-14)21(24)25)27-18(22)10-11-20-19(23)16-8-3-4-9-17(16)26-2/h3-9,12-13H,10-11H2,1-2H3,(H,20,23)/t13-/m0/s1. The van der Waals surface area contributed by atoms with Crippen LogP contribution in [0.3, 0.4) is 0 Å². The van der Waals surface area contributed by atoms with E-state index in [0.29, 0.717) is 16.9 Å². The second-order valence-corrected chi connectivity index (χ2v) is 5.69. The number of amides is 1. The Hall–Kier alpha value is -3.42. The topological polar surface area (TPSA) is 108 Å². The molecule has 27 heavy (non-hydrogen) atoms. The van der Waals surface area contributed by atoms with Gasteiger partial charge in [0.25, 0.3) is 11.6 Å². The Morgan fingerprint density at radius 3 is 2.63 bits per heavy atom. The van der Waals surface area contributed by atoms with E-state index in [-0.39, 0.29) is 24.6 Å². The summed E-state index contributed by atoms with van der Waals surface area (Å²) in [6.07, 6.45) is -0.664. The van der Waals surface area contributed by atoms with Crippen molar-refractivity contribution in [3.05, 3.63) is 69.8 Å². The molecule has 0 aliphatic rings. The molecule has 0 saturated heterocycles. The van der Waals surface area contributed by atoms with Gasteiger partial charge in [0.05, 0.1) is 24.0 Å². The zero-order chi connectivity index (χ0) is 19.8. The van der Waals surface area contributed by atoms with E-state index in [4.69, 9.17) is 9.47 Å². The minimum absolute atomic E-state index is 0.0276. The minimum Gasteiger partial charge on any atom is -0.496 e. The highest BCUT2D eigenvalue weighted by atomic mass is 16.6. The van der Waals surface area contributed by atoms with E-state index in [0.717, 1.165) is 0 Å². The van der Waals surface area contributed by atoms with Crippen molar-refractivity contribution >= 4 is 17.6 Å². The smallest absolute Gasteiger partial charge is 0.308 e. The summed E-state index contributed by atoms with van der Waals surface area (Å²) in [5.41, 5.74) is 0.827. The highest BCUT2D eigenvalue weighted by molar-refractivity contribution is 5.97. The molecule has 0 fully saturated rings. The van der Waals surface area contributed by atoms with Gasteiger partial charge in [-0.3, -0.25) is 19.7 Å².